The lowest BCUT2D eigenvalue weighted by Crippen LogP contribution is -2.56. The Kier molecular flexibility index (Phi) is 4.98. The van der Waals surface area contributed by atoms with E-state index in [0.717, 1.165) is 37.9 Å². The van der Waals surface area contributed by atoms with Crippen molar-refractivity contribution >= 4 is 11.9 Å². The van der Waals surface area contributed by atoms with E-state index in [2.05, 4.69) is 25.7 Å². The molecule has 1 aromatic rings. The summed E-state index contributed by atoms with van der Waals surface area (Å²) in [4.78, 5) is 29.4. The Balaban J connectivity index is 1.62. The maximum Gasteiger partial charge on any atom is 0.415 e. The Hall–Kier alpha value is -1.92. The van der Waals surface area contributed by atoms with E-state index < -0.39 is 6.10 Å². The number of hydrogen-bond acceptors (Lipinski definition) is 5. The van der Waals surface area contributed by atoms with E-state index in [1.807, 2.05) is 13.1 Å². The van der Waals surface area contributed by atoms with Crippen LogP contribution < -0.4 is 4.74 Å². The first-order valence-electron chi connectivity index (χ1n) is 10.7. The second-order valence-electron chi connectivity index (χ2n) is 9.91. The summed E-state index contributed by atoms with van der Waals surface area (Å²) in [5.74, 6) is 0.00258. The highest BCUT2D eigenvalue weighted by Gasteiger charge is 2.56. The number of ether oxygens (including phenoxy) is 1. The standard InChI is InChI=1S/C23H32N2O4/c1-22(2)8-5-9-23(3)17-7-6-15(14-16(17)18(26)19(27)20(22)23)29-21(28)25-12-10-24(4)11-13-25/h6-7,14,19-20,27H,5,8-13H2,1-4H3. The second-order valence-corrected chi connectivity index (χ2v) is 9.91. The van der Waals surface area contributed by atoms with Crippen molar-refractivity contribution < 1.29 is 19.4 Å². The zero-order valence-electron chi connectivity index (χ0n) is 17.9. The van der Waals surface area contributed by atoms with Gasteiger partial charge in [-0.2, -0.15) is 0 Å². The zero-order chi connectivity index (χ0) is 21.0. The smallest absolute Gasteiger partial charge is 0.410 e. The number of hydrogen-bond donors (Lipinski definition) is 1. The number of carbonyl (C=O) groups is 2. The van der Waals surface area contributed by atoms with Crippen molar-refractivity contribution in [3.63, 3.8) is 0 Å². The van der Waals surface area contributed by atoms with Crippen LogP contribution in [0.2, 0.25) is 0 Å². The molecule has 1 amide bonds. The van der Waals surface area contributed by atoms with Crippen molar-refractivity contribution in [3.8, 4) is 5.75 Å². The molecule has 2 fully saturated rings. The van der Waals surface area contributed by atoms with Crippen LogP contribution in [0.5, 0.6) is 5.75 Å². The van der Waals surface area contributed by atoms with Gasteiger partial charge >= 0.3 is 6.09 Å². The number of piperazine rings is 1. The van der Waals surface area contributed by atoms with Crippen molar-refractivity contribution in [3.05, 3.63) is 29.3 Å². The summed E-state index contributed by atoms with van der Waals surface area (Å²) in [6.07, 6.45) is 1.61. The van der Waals surface area contributed by atoms with E-state index in [1.165, 1.54) is 0 Å². The summed E-state index contributed by atoms with van der Waals surface area (Å²) in [5, 5.41) is 11.0. The van der Waals surface area contributed by atoms with Crippen LogP contribution in [-0.2, 0) is 5.41 Å². The van der Waals surface area contributed by atoms with E-state index in [0.29, 0.717) is 24.4 Å². The van der Waals surface area contributed by atoms with Crippen molar-refractivity contribution in [1.82, 2.24) is 9.80 Å². The molecule has 3 unspecified atom stereocenters. The average molecular weight is 401 g/mol. The van der Waals surface area contributed by atoms with Gasteiger partial charge in [0.15, 0.2) is 5.78 Å². The number of aliphatic hydroxyl groups is 1. The second kappa shape index (κ2) is 7.10. The predicted octanol–water partition coefficient (Wildman–Crippen LogP) is 3.07. The quantitative estimate of drug-likeness (QED) is 0.785. The first-order valence-corrected chi connectivity index (χ1v) is 10.7. The number of fused-ring (bicyclic) bond motifs is 3. The molecule has 6 nitrogen and oxygen atoms in total. The monoisotopic (exact) mass is 400 g/mol. The Morgan fingerprint density at radius 3 is 2.52 bits per heavy atom. The molecule has 6 heteroatoms. The highest BCUT2D eigenvalue weighted by molar-refractivity contribution is 6.03. The normalized spacial score (nSPS) is 31.8. The number of nitrogens with zero attached hydrogens (tertiary/aromatic N) is 2. The molecular formula is C23H32N2O4. The number of amides is 1. The van der Waals surface area contributed by atoms with Crippen LogP contribution in [0.1, 0.15) is 56.0 Å². The summed E-state index contributed by atoms with van der Waals surface area (Å²) < 4.78 is 5.58. The molecule has 1 saturated carbocycles. The van der Waals surface area contributed by atoms with Crippen LogP contribution in [0.15, 0.2) is 18.2 Å². The summed E-state index contributed by atoms with van der Waals surface area (Å²) in [6, 6.07) is 5.37. The summed E-state index contributed by atoms with van der Waals surface area (Å²) in [5.41, 5.74) is 1.11. The number of rotatable bonds is 1. The molecule has 0 aromatic heterocycles. The van der Waals surface area contributed by atoms with Crippen LogP contribution in [-0.4, -0.2) is 66.1 Å². The van der Waals surface area contributed by atoms with E-state index >= 15 is 0 Å². The van der Waals surface area contributed by atoms with Gasteiger partial charge in [-0.1, -0.05) is 33.3 Å². The van der Waals surface area contributed by atoms with E-state index in [9.17, 15) is 14.7 Å². The molecule has 29 heavy (non-hydrogen) atoms. The summed E-state index contributed by atoms with van der Waals surface area (Å²) in [7, 11) is 2.03. The minimum absolute atomic E-state index is 0.105. The molecule has 1 N–H and O–H groups in total. The molecule has 3 atom stereocenters. The average Bonchev–Trinajstić information content (AvgIpc) is 2.66. The van der Waals surface area contributed by atoms with E-state index in [4.69, 9.17) is 4.74 Å². The first-order chi connectivity index (χ1) is 13.6. The highest BCUT2D eigenvalue weighted by Crippen LogP contribution is 2.57. The fraction of sp³-hybridized carbons (Fsp3) is 0.652. The maximum absolute atomic E-state index is 13.1. The maximum atomic E-state index is 13.1. The minimum atomic E-state index is -1.02. The van der Waals surface area contributed by atoms with Gasteiger partial charge in [-0.3, -0.25) is 4.79 Å². The summed E-state index contributed by atoms with van der Waals surface area (Å²) >= 11 is 0. The van der Waals surface area contributed by atoms with Crippen LogP contribution in [0, 0.1) is 11.3 Å². The van der Waals surface area contributed by atoms with Crippen LogP contribution in [0.4, 0.5) is 4.79 Å². The van der Waals surface area contributed by atoms with Gasteiger partial charge in [-0.05, 0) is 48.4 Å². The number of Topliss-reactive ketones (excluding diaryl/α,β-unsaturated/α-hetero) is 1. The Bertz CT molecular complexity index is 828. The molecule has 4 rings (SSSR count). The largest absolute Gasteiger partial charge is 0.415 e. The molecule has 1 heterocycles. The van der Waals surface area contributed by atoms with E-state index in [1.54, 1.807) is 17.0 Å². The topological polar surface area (TPSA) is 70.1 Å². The van der Waals surface area contributed by atoms with Gasteiger partial charge < -0.3 is 19.6 Å². The first kappa shape index (κ1) is 20.4. The van der Waals surface area contributed by atoms with Crippen LogP contribution in [0.3, 0.4) is 0 Å². The SMILES string of the molecule is CN1CCN(C(=O)Oc2ccc3c(c2)C(=O)C(O)C2C(C)(C)CCCC32C)CC1. The van der Waals surface area contributed by atoms with Crippen molar-refractivity contribution in [2.45, 2.75) is 51.6 Å². The fourth-order valence-electron chi connectivity index (χ4n) is 5.92. The van der Waals surface area contributed by atoms with Crippen molar-refractivity contribution in [2.24, 2.45) is 11.3 Å². The molecule has 3 aliphatic rings. The highest BCUT2D eigenvalue weighted by atomic mass is 16.6. The van der Waals surface area contributed by atoms with E-state index in [-0.39, 0.29) is 28.6 Å². The molecule has 0 bridgehead atoms. The van der Waals surface area contributed by atoms with Crippen molar-refractivity contribution in [2.75, 3.05) is 33.2 Å². The minimum Gasteiger partial charge on any atom is -0.410 e. The number of likely N-dealkylation sites (N-methyl/N-ethyl adjacent to an activating group) is 1. The molecule has 2 aliphatic carbocycles. The third-order valence-corrected chi connectivity index (χ3v) is 7.47. The lowest BCUT2D eigenvalue weighted by Gasteiger charge is -2.55. The van der Waals surface area contributed by atoms with Gasteiger partial charge in [0.05, 0.1) is 0 Å². The molecule has 1 saturated heterocycles. The zero-order valence-corrected chi connectivity index (χ0v) is 17.9. The molecule has 1 aromatic carbocycles. The number of aliphatic hydroxyl groups excluding tert-OH is 1. The number of carbonyl (C=O) groups excluding carboxylic acids is 2. The van der Waals surface area contributed by atoms with Gasteiger partial charge in [-0.25, -0.2) is 4.79 Å². The van der Waals surface area contributed by atoms with Gasteiger partial charge in [0.25, 0.3) is 0 Å². The third-order valence-electron chi connectivity index (χ3n) is 7.47. The van der Waals surface area contributed by atoms with Gasteiger partial charge in [0.1, 0.15) is 11.9 Å². The van der Waals surface area contributed by atoms with Crippen LogP contribution >= 0.6 is 0 Å². The Morgan fingerprint density at radius 1 is 1.14 bits per heavy atom. The fourth-order valence-corrected chi connectivity index (χ4v) is 5.92. The Labute approximate surface area is 172 Å². The van der Waals surface area contributed by atoms with Crippen molar-refractivity contribution in [1.29, 1.82) is 0 Å². The number of ketones is 1. The molecular weight excluding hydrogens is 368 g/mol. The van der Waals surface area contributed by atoms with Crippen LogP contribution in [0.25, 0.3) is 0 Å². The lowest BCUT2D eigenvalue weighted by molar-refractivity contribution is -0.0388. The molecule has 0 radical (unpaired) electrons. The summed E-state index contributed by atoms with van der Waals surface area (Å²) in [6.45, 7) is 9.38. The molecule has 158 valence electrons. The predicted molar refractivity (Wildman–Crippen MR) is 110 cm³/mol. The van der Waals surface area contributed by atoms with Gasteiger partial charge in [0, 0.05) is 37.7 Å². The Morgan fingerprint density at radius 2 is 1.83 bits per heavy atom. The lowest BCUT2D eigenvalue weighted by atomic mass is 9.49. The molecule has 0 spiro atoms. The van der Waals surface area contributed by atoms with Gasteiger partial charge in [-0.15, -0.1) is 0 Å². The number of benzene rings is 1. The molecule has 1 aliphatic heterocycles. The third kappa shape index (κ3) is 3.36. The van der Waals surface area contributed by atoms with Gasteiger partial charge in [0.2, 0.25) is 0 Å².